The van der Waals surface area contributed by atoms with Gasteiger partial charge in [-0.2, -0.15) is 4.31 Å². The van der Waals surface area contributed by atoms with E-state index in [9.17, 15) is 13.2 Å². The first-order chi connectivity index (χ1) is 9.84. The van der Waals surface area contributed by atoms with Crippen LogP contribution in [-0.4, -0.2) is 75.2 Å². The lowest BCUT2D eigenvalue weighted by molar-refractivity contribution is -0.135. The lowest BCUT2D eigenvalue weighted by Gasteiger charge is -2.38. The standard InChI is InChI=1S/C14H21N3O3S/c1-15(2)14(18)13-11-17(10-9-16(13)3)21(19,20)12-7-5-4-6-8-12/h4-8,13H,9-11H2,1-3H3/t13-/m1/s1. The highest BCUT2D eigenvalue weighted by atomic mass is 32.2. The second-order valence-electron chi connectivity index (χ2n) is 5.41. The molecule has 0 unspecified atom stereocenters. The first-order valence-electron chi connectivity index (χ1n) is 6.80. The highest BCUT2D eigenvalue weighted by molar-refractivity contribution is 7.89. The fraction of sp³-hybridized carbons (Fsp3) is 0.500. The van der Waals surface area contributed by atoms with Crippen LogP contribution in [0.2, 0.25) is 0 Å². The maximum atomic E-state index is 12.6. The predicted molar refractivity (Wildman–Crippen MR) is 80.3 cm³/mol. The molecule has 0 bridgehead atoms. The first kappa shape index (κ1) is 15.9. The Morgan fingerprint density at radius 1 is 1.19 bits per heavy atom. The molecule has 1 fully saturated rings. The minimum atomic E-state index is -3.54. The van der Waals surface area contributed by atoms with Gasteiger partial charge in [0, 0.05) is 33.7 Å². The van der Waals surface area contributed by atoms with Gasteiger partial charge in [0.05, 0.1) is 4.90 Å². The number of nitrogens with zero attached hydrogens (tertiary/aromatic N) is 3. The van der Waals surface area contributed by atoms with Gasteiger partial charge in [0.25, 0.3) is 0 Å². The van der Waals surface area contributed by atoms with Gasteiger partial charge in [-0.05, 0) is 19.2 Å². The number of hydrogen-bond acceptors (Lipinski definition) is 4. The van der Waals surface area contributed by atoms with Crippen molar-refractivity contribution >= 4 is 15.9 Å². The molecule has 0 radical (unpaired) electrons. The van der Waals surface area contributed by atoms with Crippen molar-refractivity contribution in [1.82, 2.24) is 14.1 Å². The second kappa shape index (κ2) is 6.13. The van der Waals surface area contributed by atoms with Gasteiger partial charge in [-0.1, -0.05) is 18.2 Å². The van der Waals surface area contributed by atoms with E-state index in [1.54, 1.807) is 44.4 Å². The molecule has 7 heteroatoms. The molecule has 0 N–H and O–H groups in total. The van der Waals surface area contributed by atoms with Crippen LogP contribution in [-0.2, 0) is 14.8 Å². The Morgan fingerprint density at radius 3 is 2.38 bits per heavy atom. The highest BCUT2D eigenvalue weighted by Crippen LogP contribution is 2.19. The Balaban J connectivity index is 2.24. The first-order valence-corrected chi connectivity index (χ1v) is 8.24. The molecule has 6 nitrogen and oxygen atoms in total. The van der Waals surface area contributed by atoms with Gasteiger partial charge in [-0.15, -0.1) is 0 Å². The van der Waals surface area contributed by atoms with Gasteiger partial charge in [0.1, 0.15) is 6.04 Å². The third-order valence-corrected chi connectivity index (χ3v) is 5.60. The summed E-state index contributed by atoms with van der Waals surface area (Å²) in [7, 11) is 1.67. The Morgan fingerprint density at radius 2 is 1.81 bits per heavy atom. The zero-order valence-electron chi connectivity index (χ0n) is 12.6. The van der Waals surface area contributed by atoms with Crippen LogP contribution in [0.5, 0.6) is 0 Å². The van der Waals surface area contributed by atoms with Crippen molar-refractivity contribution in [1.29, 1.82) is 0 Å². The molecule has 2 rings (SSSR count). The van der Waals surface area contributed by atoms with Crippen molar-refractivity contribution in [3.8, 4) is 0 Å². The summed E-state index contributed by atoms with van der Waals surface area (Å²) in [6.45, 7) is 1.12. The van der Waals surface area contributed by atoms with E-state index in [-0.39, 0.29) is 17.3 Å². The molecule has 0 saturated carbocycles. The number of hydrogen-bond donors (Lipinski definition) is 0. The third-order valence-electron chi connectivity index (χ3n) is 3.72. The average Bonchev–Trinajstić information content (AvgIpc) is 2.47. The van der Waals surface area contributed by atoms with Gasteiger partial charge in [-0.3, -0.25) is 9.69 Å². The topological polar surface area (TPSA) is 60.9 Å². The Hall–Kier alpha value is -1.44. The molecule has 1 atom stereocenters. The molecule has 0 aromatic heterocycles. The summed E-state index contributed by atoms with van der Waals surface area (Å²) in [5.74, 6) is -0.0783. The van der Waals surface area contributed by atoms with E-state index in [2.05, 4.69) is 0 Å². The lowest BCUT2D eigenvalue weighted by atomic mass is 10.2. The molecule has 1 heterocycles. The molecule has 116 valence electrons. The molecule has 1 aromatic carbocycles. The summed E-state index contributed by atoms with van der Waals surface area (Å²) < 4.78 is 26.6. The van der Waals surface area contributed by atoms with Crippen LogP contribution in [0.15, 0.2) is 35.2 Å². The van der Waals surface area contributed by atoms with Crippen LogP contribution < -0.4 is 0 Å². The third kappa shape index (κ3) is 3.25. The van der Waals surface area contributed by atoms with Gasteiger partial charge in [0.2, 0.25) is 15.9 Å². The van der Waals surface area contributed by atoms with E-state index in [0.29, 0.717) is 13.1 Å². The zero-order valence-corrected chi connectivity index (χ0v) is 13.4. The summed E-state index contributed by atoms with van der Waals surface area (Å²) in [6, 6.07) is 7.90. The lowest BCUT2D eigenvalue weighted by Crippen LogP contribution is -2.58. The van der Waals surface area contributed by atoms with Crippen LogP contribution in [0, 0.1) is 0 Å². The van der Waals surface area contributed by atoms with Gasteiger partial charge in [-0.25, -0.2) is 8.42 Å². The van der Waals surface area contributed by atoms with Gasteiger partial charge >= 0.3 is 0 Å². The van der Waals surface area contributed by atoms with E-state index in [1.165, 1.54) is 9.21 Å². The Kier molecular flexibility index (Phi) is 4.65. The number of sulfonamides is 1. The van der Waals surface area contributed by atoms with E-state index in [0.717, 1.165) is 0 Å². The van der Waals surface area contributed by atoms with Gasteiger partial charge in [0.15, 0.2) is 0 Å². The monoisotopic (exact) mass is 311 g/mol. The second-order valence-corrected chi connectivity index (χ2v) is 7.34. The summed E-state index contributed by atoms with van der Waals surface area (Å²) in [4.78, 5) is 15.9. The number of carbonyl (C=O) groups excluding carboxylic acids is 1. The molecule has 0 spiro atoms. The number of benzene rings is 1. The number of likely N-dealkylation sites (N-methyl/N-ethyl adjacent to an activating group) is 2. The molecule has 0 aliphatic carbocycles. The molecule has 1 saturated heterocycles. The maximum absolute atomic E-state index is 12.6. The summed E-state index contributed by atoms with van der Waals surface area (Å²) in [6.07, 6.45) is 0. The van der Waals surface area contributed by atoms with Crippen LogP contribution >= 0.6 is 0 Å². The smallest absolute Gasteiger partial charge is 0.243 e. The predicted octanol–water partition coefficient (Wildman–Crippen LogP) is 0.0795. The minimum absolute atomic E-state index is 0.0783. The van der Waals surface area contributed by atoms with E-state index in [1.807, 2.05) is 11.9 Å². The normalized spacial score (nSPS) is 21.2. The fourth-order valence-electron chi connectivity index (χ4n) is 2.37. The molecule has 21 heavy (non-hydrogen) atoms. The molecule has 1 aliphatic rings. The van der Waals surface area contributed by atoms with E-state index in [4.69, 9.17) is 0 Å². The number of rotatable bonds is 3. The summed E-state index contributed by atoms with van der Waals surface area (Å²) in [5.41, 5.74) is 0. The minimum Gasteiger partial charge on any atom is -0.347 e. The summed E-state index contributed by atoms with van der Waals surface area (Å²) in [5, 5.41) is 0. The summed E-state index contributed by atoms with van der Waals surface area (Å²) >= 11 is 0. The van der Waals surface area contributed by atoms with Crippen LogP contribution in [0.3, 0.4) is 0 Å². The van der Waals surface area contributed by atoms with Crippen molar-refractivity contribution in [2.24, 2.45) is 0 Å². The Labute approximate surface area is 126 Å². The number of amides is 1. The molecule has 1 amide bonds. The van der Waals surface area contributed by atoms with E-state index >= 15 is 0 Å². The quantitative estimate of drug-likeness (QED) is 0.793. The average molecular weight is 311 g/mol. The van der Waals surface area contributed by atoms with Gasteiger partial charge < -0.3 is 4.90 Å². The van der Waals surface area contributed by atoms with Crippen molar-refractivity contribution in [2.45, 2.75) is 10.9 Å². The van der Waals surface area contributed by atoms with Crippen LogP contribution in [0.1, 0.15) is 0 Å². The highest BCUT2D eigenvalue weighted by Gasteiger charge is 2.36. The molecular formula is C14H21N3O3S. The van der Waals surface area contributed by atoms with Crippen molar-refractivity contribution in [3.63, 3.8) is 0 Å². The van der Waals surface area contributed by atoms with Crippen molar-refractivity contribution in [3.05, 3.63) is 30.3 Å². The Bertz CT molecular complexity index is 601. The molecule has 1 aromatic rings. The number of piperazine rings is 1. The van der Waals surface area contributed by atoms with Crippen LogP contribution in [0.25, 0.3) is 0 Å². The van der Waals surface area contributed by atoms with Crippen molar-refractivity contribution in [2.75, 3.05) is 40.8 Å². The number of carbonyl (C=O) groups is 1. The fourth-order valence-corrected chi connectivity index (χ4v) is 3.83. The zero-order chi connectivity index (χ0) is 15.6. The SMILES string of the molecule is CN(C)C(=O)[C@H]1CN(S(=O)(=O)c2ccccc2)CCN1C. The van der Waals surface area contributed by atoms with Crippen LogP contribution in [0.4, 0.5) is 0 Å². The molecule has 1 aliphatic heterocycles. The van der Waals surface area contributed by atoms with E-state index < -0.39 is 16.1 Å². The van der Waals surface area contributed by atoms with Crippen molar-refractivity contribution < 1.29 is 13.2 Å². The molecular weight excluding hydrogens is 290 g/mol. The maximum Gasteiger partial charge on any atom is 0.243 e. The largest absolute Gasteiger partial charge is 0.347 e.